The van der Waals surface area contributed by atoms with E-state index < -0.39 is 184 Å². The molecule has 12 heterocycles. The van der Waals surface area contributed by atoms with E-state index in [2.05, 4.69) is 44.7 Å². The first kappa shape index (κ1) is 66.1. The summed E-state index contributed by atoms with van der Waals surface area (Å²) >= 11 is 0. The number of ether oxygens (including phenoxy) is 13. The quantitative estimate of drug-likeness (QED) is 0.0586. The summed E-state index contributed by atoms with van der Waals surface area (Å²) in [6.07, 6.45) is -4.84. The van der Waals surface area contributed by atoms with Gasteiger partial charge in [-0.25, -0.2) is 8.37 Å². The van der Waals surface area contributed by atoms with Crippen LogP contribution in [-0.2, 0) is 90.7 Å². The first-order chi connectivity index (χ1) is 41.4. The van der Waals surface area contributed by atoms with Crippen LogP contribution in [0.2, 0.25) is 0 Å². The Morgan fingerprint density at radius 3 is 1.93 bits per heavy atom. The Labute approximate surface area is 515 Å². The molecule has 0 spiro atoms. The molecular weight excluding hydrogens is 1200 g/mol. The molecule has 0 aliphatic carbocycles. The molecule has 27 heteroatoms. The number of allylic oxidation sites excluding steroid dienone is 3. The molecule has 30 atom stereocenters. The third-order valence-electron chi connectivity index (χ3n) is 21.6. The fourth-order valence-electron chi connectivity index (χ4n) is 16.8. The second-order valence-corrected chi connectivity index (χ2v) is 30.3. The molecule has 12 fully saturated rings. The van der Waals surface area contributed by atoms with Crippen LogP contribution in [0.5, 0.6) is 0 Å². The van der Waals surface area contributed by atoms with Crippen LogP contribution in [0.15, 0.2) is 49.1 Å². The minimum Gasteiger partial charge on any atom is -0.394 e. The molecule has 0 unspecified atom stereocenters. The zero-order valence-electron chi connectivity index (χ0n) is 51.1. The van der Waals surface area contributed by atoms with Gasteiger partial charge in [-0.2, -0.15) is 16.8 Å². The zero-order valence-corrected chi connectivity index (χ0v) is 52.7. The van der Waals surface area contributed by atoms with Gasteiger partial charge in [-0.3, -0.25) is 9.11 Å². The van der Waals surface area contributed by atoms with Crippen molar-refractivity contribution < 1.29 is 116 Å². The van der Waals surface area contributed by atoms with Crippen molar-refractivity contribution in [1.82, 2.24) is 0 Å². The Bertz CT molecular complexity index is 2840. The molecule has 0 aromatic carbocycles. The largest absolute Gasteiger partial charge is 0.397 e. The SMILES string of the molecule is C=CCC(=C)/C=C/[C@@](C)(O)[C@H]1O[C@@H]2C[C@@H]3O[C@@H]4C[C@@H]5O[C@@H]6C[C@@H]7O[C@@H]8C[C@@H]9O[C@@H]%10C[C@@H]%11O[C@](C)(CCCOS(=O)(=O)O)[C@@H](OS(=O)(=O)O)C[C@H]%11O[C@H]%10C[C@H]9O[C@H]8CC[C@@]7(C)O[C@@]6(C)CC[C@H](C)[C@H]5O[C@@H]4[C@@H](O[C@H]4O[C@@H](CO)[C@H](O)[C@H]4O)[C@@]3(C)O[C@H]2CC1=C. The number of aliphatic hydroxyl groups is 4. The highest BCUT2D eigenvalue weighted by Crippen LogP contribution is 2.55. The fraction of sp³-hybridized carbons (Fsp3) is 0.869. The molecule has 0 aromatic rings. The molecule has 88 heavy (non-hydrogen) atoms. The predicted molar refractivity (Wildman–Crippen MR) is 307 cm³/mol. The maximum atomic E-state index is 12.1. The molecule has 0 aromatic heterocycles. The Morgan fingerprint density at radius 2 is 1.28 bits per heavy atom. The van der Waals surface area contributed by atoms with Crippen LogP contribution in [-0.4, -0.2) is 234 Å². The standard InChI is InChI=1S/C61H92O25S2/c1-10-12-30(2)13-17-57(5,65)54-32(4)21-41-40(79-54)27-49-61(9,84-41)55(82-56-51(64)50(63)45(29-62)80-56)53-44(78-49)25-43-52(81-53)31(3)14-18-59(7)47(77-43)28-46-60(8,86-59)19-15-33-34(76-46)22-36-35(73-33)23-37-38(74-36)24-42-39(75-37)26-48(85-88(69,70)71)58(6,83-42)16-11-20-72-87(66,67)68/h10,13,17,31,33-56,62-65H,1-2,4,11-12,14-16,18-29H2,3,5-9H3,(H,66,67,68)(H,69,70,71)/b17-13+/t31-,33-,34+,35+,36-,37-,38+,39+,40+,41-,42-,43-,44+,45-,46-,47+,48-,49-,50-,51+,52+,53-,54-,55+,56+,57+,58+,59-,60+,61-/m0/s1. The molecule has 0 radical (unpaired) electrons. The second kappa shape index (κ2) is 24.7. The smallest absolute Gasteiger partial charge is 0.394 e. The molecule has 12 aliphatic heterocycles. The summed E-state index contributed by atoms with van der Waals surface area (Å²) in [5.74, 6) is -0.0396. The van der Waals surface area contributed by atoms with Crippen LogP contribution in [0.25, 0.3) is 0 Å². The lowest BCUT2D eigenvalue weighted by Crippen LogP contribution is -2.75. The number of hydrogen-bond donors (Lipinski definition) is 6. The van der Waals surface area contributed by atoms with Crippen molar-refractivity contribution >= 4 is 20.8 Å². The van der Waals surface area contributed by atoms with Crippen molar-refractivity contribution in [2.24, 2.45) is 5.92 Å². The highest BCUT2D eigenvalue weighted by atomic mass is 32.3. The van der Waals surface area contributed by atoms with Gasteiger partial charge in [0.15, 0.2) is 6.29 Å². The summed E-state index contributed by atoms with van der Waals surface area (Å²) in [4.78, 5) is 0. The normalized spacial score (nSPS) is 50.9. The van der Waals surface area contributed by atoms with Gasteiger partial charge in [0.05, 0.1) is 128 Å². The molecular formula is C61H92O25S2. The van der Waals surface area contributed by atoms with Gasteiger partial charge in [-0.15, -0.1) is 6.58 Å². The molecule has 0 saturated carbocycles. The van der Waals surface area contributed by atoms with Crippen molar-refractivity contribution in [2.45, 2.75) is 313 Å². The van der Waals surface area contributed by atoms with Gasteiger partial charge in [-0.05, 0) is 97.5 Å². The van der Waals surface area contributed by atoms with Crippen molar-refractivity contribution in [3.8, 4) is 0 Å². The van der Waals surface area contributed by atoms with Crippen LogP contribution < -0.4 is 0 Å². The van der Waals surface area contributed by atoms with E-state index in [1.807, 2.05) is 6.92 Å². The zero-order chi connectivity index (χ0) is 62.8. The minimum atomic E-state index is -4.93. The number of hydrogen-bond acceptors (Lipinski definition) is 23. The van der Waals surface area contributed by atoms with E-state index in [-0.39, 0.29) is 49.6 Å². The van der Waals surface area contributed by atoms with Gasteiger partial charge in [0.25, 0.3) is 0 Å². The highest BCUT2D eigenvalue weighted by Gasteiger charge is 2.67. The monoisotopic (exact) mass is 1290 g/mol. The van der Waals surface area contributed by atoms with E-state index in [4.69, 9.17) is 70.3 Å². The van der Waals surface area contributed by atoms with Gasteiger partial charge in [0.1, 0.15) is 53.9 Å². The number of aliphatic hydroxyl groups excluding tert-OH is 3. The summed E-state index contributed by atoms with van der Waals surface area (Å²) in [5.41, 5.74) is -4.01. The van der Waals surface area contributed by atoms with Crippen LogP contribution in [0, 0.1) is 5.92 Å². The van der Waals surface area contributed by atoms with E-state index in [9.17, 15) is 41.8 Å². The molecule has 12 saturated heterocycles. The van der Waals surface area contributed by atoms with E-state index in [1.54, 1.807) is 32.1 Å². The van der Waals surface area contributed by atoms with Crippen LogP contribution >= 0.6 is 0 Å². The van der Waals surface area contributed by atoms with Gasteiger partial charge in [0.2, 0.25) is 0 Å². The lowest BCUT2D eigenvalue weighted by atomic mass is 9.72. The maximum absolute atomic E-state index is 12.1. The average molecular weight is 1290 g/mol. The molecule has 25 nitrogen and oxygen atoms in total. The van der Waals surface area contributed by atoms with Crippen molar-refractivity contribution in [2.75, 3.05) is 13.2 Å². The number of fused-ring (bicyclic) bond motifs is 10. The molecule has 498 valence electrons. The summed E-state index contributed by atoms with van der Waals surface area (Å²) < 4.78 is 165. The lowest BCUT2D eigenvalue weighted by Gasteiger charge is -2.61. The lowest BCUT2D eigenvalue weighted by molar-refractivity contribution is -0.387. The van der Waals surface area contributed by atoms with Gasteiger partial charge >= 0.3 is 20.8 Å². The van der Waals surface area contributed by atoms with Crippen molar-refractivity contribution in [1.29, 1.82) is 0 Å². The summed E-state index contributed by atoms with van der Waals surface area (Å²) in [6, 6.07) is 0. The third kappa shape index (κ3) is 13.0. The van der Waals surface area contributed by atoms with E-state index in [1.165, 1.54) is 0 Å². The molecule has 6 N–H and O–H groups in total. The van der Waals surface area contributed by atoms with Crippen molar-refractivity contribution in [3.63, 3.8) is 0 Å². The van der Waals surface area contributed by atoms with Gasteiger partial charge in [0, 0.05) is 44.9 Å². The fourth-order valence-corrected chi connectivity index (χ4v) is 17.7. The Kier molecular flexibility index (Phi) is 18.5. The predicted octanol–water partition coefficient (Wildman–Crippen LogP) is 3.91. The van der Waals surface area contributed by atoms with Crippen LogP contribution in [0.3, 0.4) is 0 Å². The van der Waals surface area contributed by atoms with E-state index >= 15 is 0 Å². The second-order valence-electron chi connectivity index (χ2n) is 28.2. The van der Waals surface area contributed by atoms with Crippen molar-refractivity contribution in [3.05, 3.63) is 49.1 Å². The van der Waals surface area contributed by atoms with Gasteiger partial charge in [-0.1, -0.05) is 43.9 Å². The van der Waals surface area contributed by atoms with Crippen LogP contribution in [0.1, 0.15) is 138 Å². The summed E-state index contributed by atoms with van der Waals surface area (Å²) in [6.45, 7) is 22.9. The first-order valence-corrected chi connectivity index (χ1v) is 34.3. The third-order valence-corrected chi connectivity index (χ3v) is 22.5. The average Bonchev–Trinajstić information content (AvgIpc) is 0.899. The molecule has 12 aliphatic rings. The summed E-state index contributed by atoms with van der Waals surface area (Å²) in [5, 5.41) is 44.2. The first-order valence-electron chi connectivity index (χ1n) is 31.6. The number of rotatable bonds is 15. The van der Waals surface area contributed by atoms with E-state index in [0.717, 1.165) is 12.0 Å². The Hall–Kier alpha value is -1.98. The topological polar surface area (TPSA) is 328 Å². The molecule has 0 amide bonds. The Morgan fingerprint density at radius 1 is 0.693 bits per heavy atom. The van der Waals surface area contributed by atoms with Gasteiger partial charge < -0.3 is 82.0 Å². The summed E-state index contributed by atoms with van der Waals surface area (Å²) in [7, 11) is -9.64. The van der Waals surface area contributed by atoms with Crippen LogP contribution in [0.4, 0.5) is 0 Å². The molecule has 12 rings (SSSR count). The minimum absolute atomic E-state index is 0.0396. The highest BCUT2D eigenvalue weighted by molar-refractivity contribution is 7.81. The maximum Gasteiger partial charge on any atom is 0.397 e. The Balaban J connectivity index is 0.742. The molecule has 0 bridgehead atoms. The van der Waals surface area contributed by atoms with E-state index in [0.29, 0.717) is 76.2 Å².